The van der Waals surface area contributed by atoms with E-state index in [1.54, 1.807) is 6.07 Å². The van der Waals surface area contributed by atoms with Crippen molar-refractivity contribution in [2.24, 2.45) is 0 Å². The Balaban J connectivity index is 2.34. The highest BCUT2D eigenvalue weighted by atomic mass is 35.5. The van der Waals surface area contributed by atoms with Gasteiger partial charge in [0.2, 0.25) is 5.91 Å². The molecule has 2 rings (SSSR count). The molecule has 0 bridgehead atoms. The number of rotatable bonds is 3. The largest absolute Gasteiger partial charge is 0.309 e. The van der Waals surface area contributed by atoms with E-state index >= 15 is 0 Å². The van der Waals surface area contributed by atoms with E-state index in [-0.39, 0.29) is 5.91 Å². The standard InChI is InChI=1S/C11H12ClN3O/c1-2-4-9(16)13-11-10-7(12)5-3-6-8(10)14-15-11/h3,5-6H,2,4H2,1H3,(H2,13,14,15,16). The van der Waals surface area contributed by atoms with Crippen molar-refractivity contribution in [3.8, 4) is 0 Å². The maximum atomic E-state index is 11.5. The van der Waals surface area contributed by atoms with Gasteiger partial charge in [-0.15, -0.1) is 0 Å². The average molecular weight is 238 g/mol. The number of hydrogen-bond donors (Lipinski definition) is 2. The van der Waals surface area contributed by atoms with Crippen LogP contribution in [-0.2, 0) is 4.79 Å². The molecule has 5 heteroatoms. The zero-order valence-electron chi connectivity index (χ0n) is 8.88. The summed E-state index contributed by atoms with van der Waals surface area (Å²) in [7, 11) is 0. The Labute approximate surface area is 98.0 Å². The van der Waals surface area contributed by atoms with Gasteiger partial charge in [0.05, 0.1) is 15.9 Å². The zero-order chi connectivity index (χ0) is 11.5. The third-order valence-corrected chi connectivity index (χ3v) is 2.59. The lowest BCUT2D eigenvalue weighted by Gasteiger charge is -2.01. The fourth-order valence-electron chi connectivity index (χ4n) is 1.54. The SMILES string of the molecule is CCCC(=O)Nc1n[nH]c2cccc(Cl)c12. The van der Waals surface area contributed by atoms with Crippen molar-refractivity contribution in [3.05, 3.63) is 23.2 Å². The molecule has 84 valence electrons. The molecule has 0 aliphatic carbocycles. The maximum absolute atomic E-state index is 11.5. The molecule has 0 radical (unpaired) electrons. The molecule has 2 N–H and O–H groups in total. The second kappa shape index (κ2) is 4.53. The first-order valence-corrected chi connectivity index (χ1v) is 5.52. The summed E-state index contributed by atoms with van der Waals surface area (Å²) in [5, 5.41) is 10.9. The Hall–Kier alpha value is -1.55. The summed E-state index contributed by atoms with van der Waals surface area (Å²) in [6, 6.07) is 5.47. The van der Waals surface area contributed by atoms with Gasteiger partial charge >= 0.3 is 0 Å². The average Bonchev–Trinajstić information content (AvgIpc) is 2.63. The third-order valence-electron chi connectivity index (χ3n) is 2.27. The molecule has 0 saturated carbocycles. The molecule has 2 aromatic rings. The molecule has 0 aliphatic rings. The first-order valence-electron chi connectivity index (χ1n) is 5.14. The van der Waals surface area contributed by atoms with Crippen molar-refractivity contribution in [1.29, 1.82) is 0 Å². The van der Waals surface area contributed by atoms with Gasteiger partial charge in [-0.2, -0.15) is 5.10 Å². The number of H-pyrrole nitrogens is 1. The van der Waals surface area contributed by atoms with E-state index in [1.807, 2.05) is 19.1 Å². The van der Waals surface area contributed by atoms with Crippen LogP contribution in [0.4, 0.5) is 5.82 Å². The normalized spacial score (nSPS) is 10.6. The van der Waals surface area contributed by atoms with Crippen molar-refractivity contribution in [2.45, 2.75) is 19.8 Å². The molecule has 0 atom stereocenters. The Morgan fingerprint density at radius 2 is 2.38 bits per heavy atom. The molecule has 1 heterocycles. The molecule has 4 nitrogen and oxygen atoms in total. The quantitative estimate of drug-likeness (QED) is 0.862. The number of anilines is 1. The van der Waals surface area contributed by atoms with Crippen LogP contribution in [0.5, 0.6) is 0 Å². The van der Waals surface area contributed by atoms with Gasteiger partial charge < -0.3 is 5.32 Å². The van der Waals surface area contributed by atoms with Gasteiger partial charge in [0.1, 0.15) is 0 Å². The Morgan fingerprint density at radius 1 is 1.56 bits per heavy atom. The van der Waals surface area contributed by atoms with Crippen LogP contribution >= 0.6 is 11.6 Å². The number of nitrogens with zero attached hydrogens (tertiary/aromatic N) is 1. The highest BCUT2D eigenvalue weighted by Gasteiger charge is 2.11. The minimum absolute atomic E-state index is 0.0455. The van der Waals surface area contributed by atoms with Gasteiger partial charge in [0, 0.05) is 6.42 Å². The molecular weight excluding hydrogens is 226 g/mol. The van der Waals surface area contributed by atoms with Crippen molar-refractivity contribution in [3.63, 3.8) is 0 Å². The number of amides is 1. The van der Waals surface area contributed by atoms with Crippen LogP contribution in [0, 0.1) is 0 Å². The van der Waals surface area contributed by atoms with Crippen molar-refractivity contribution in [1.82, 2.24) is 10.2 Å². The van der Waals surface area contributed by atoms with E-state index in [2.05, 4.69) is 15.5 Å². The van der Waals surface area contributed by atoms with E-state index in [0.717, 1.165) is 17.3 Å². The fourth-order valence-corrected chi connectivity index (χ4v) is 1.81. The molecule has 0 aliphatic heterocycles. The van der Waals surface area contributed by atoms with E-state index in [1.165, 1.54) is 0 Å². The summed E-state index contributed by atoms with van der Waals surface area (Å²) in [6.45, 7) is 1.95. The summed E-state index contributed by atoms with van der Waals surface area (Å²) >= 11 is 6.05. The summed E-state index contributed by atoms with van der Waals surface area (Å²) in [5.41, 5.74) is 0.819. The van der Waals surface area contributed by atoms with Crippen molar-refractivity contribution >= 4 is 34.2 Å². The first-order chi connectivity index (χ1) is 7.72. The molecule has 16 heavy (non-hydrogen) atoms. The molecule has 1 amide bonds. The number of halogens is 1. The summed E-state index contributed by atoms with van der Waals surface area (Å²) in [5.74, 6) is 0.454. The Morgan fingerprint density at radius 3 is 3.12 bits per heavy atom. The Bertz CT molecular complexity index is 521. The highest BCUT2D eigenvalue weighted by molar-refractivity contribution is 6.36. The number of carbonyl (C=O) groups excluding carboxylic acids is 1. The second-order valence-corrected chi connectivity index (χ2v) is 3.94. The smallest absolute Gasteiger partial charge is 0.225 e. The highest BCUT2D eigenvalue weighted by Crippen LogP contribution is 2.28. The summed E-state index contributed by atoms with van der Waals surface area (Å²) in [4.78, 5) is 11.5. The van der Waals surface area contributed by atoms with Crippen LogP contribution in [0.3, 0.4) is 0 Å². The zero-order valence-corrected chi connectivity index (χ0v) is 9.64. The predicted molar refractivity (Wildman–Crippen MR) is 64.6 cm³/mol. The maximum Gasteiger partial charge on any atom is 0.225 e. The predicted octanol–water partition coefficient (Wildman–Crippen LogP) is 2.95. The lowest BCUT2D eigenvalue weighted by atomic mass is 10.2. The van der Waals surface area contributed by atoms with Gasteiger partial charge in [0.15, 0.2) is 5.82 Å². The number of fused-ring (bicyclic) bond motifs is 1. The number of nitrogens with one attached hydrogen (secondary N) is 2. The number of hydrogen-bond acceptors (Lipinski definition) is 2. The van der Waals surface area contributed by atoms with Gasteiger partial charge in [-0.3, -0.25) is 9.89 Å². The molecular formula is C11H12ClN3O. The summed E-state index contributed by atoms with van der Waals surface area (Å²) in [6.07, 6.45) is 1.29. The molecule has 1 aromatic carbocycles. The summed E-state index contributed by atoms with van der Waals surface area (Å²) < 4.78 is 0. The van der Waals surface area contributed by atoms with Crippen molar-refractivity contribution in [2.75, 3.05) is 5.32 Å². The fraction of sp³-hybridized carbons (Fsp3) is 0.273. The van der Waals surface area contributed by atoms with Crippen LogP contribution in [0.1, 0.15) is 19.8 Å². The van der Waals surface area contributed by atoms with Gasteiger partial charge in [-0.05, 0) is 18.6 Å². The van der Waals surface area contributed by atoms with Crippen LogP contribution in [0.25, 0.3) is 10.9 Å². The second-order valence-electron chi connectivity index (χ2n) is 3.53. The number of aromatic nitrogens is 2. The van der Waals surface area contributed by atoms with Gasteiger partial charge in [-0.25, -0.2) is 0 Å². The van der Waals surface area contributed by atoms with Crippen LogP contribution in [0.15, 0.2) is 18.2 Å². The van der Waals surface area contributed by atoms with E-state index in [4.69, 9.17) is 11.6 Å². The van der Waals surface area contributed by atoms with Crippen LogP contribution < -0.4 is 5.32 Å². The van der Waals surface area contributed by atoms with Crippen LogP contribution in [0.2, 0.25) is 5.02 Å². The van der Waals surface area contributed by atoms with E-state index in [0.29, 0.717) is 17.3 Å². The first kappa shape index (κ1) is 11.0. The monoisotopic (exact) mass is 237 g/mol. The topological polar surface area (TPSA) is 57.8 Å². The lowest BCUT2D eigenvalue weighted by molar-refractivity contribution is -0.116. The lowest BCUT2D eigenvalue weighted by Crippen LogP contribution is -2.11. The van der Waals surface area contributed by atoms with Crippen LogP contribution in [-0.4, -0.2) is 16.1 Å². The number of aromatic amines is 1. The minimum atomic E-state index is -0.0455. The molecule has 1 aromatic heterocycles. The number of carbonyl (C=O) groups is 1. The molecule has 0 spiro atoms. The van der Waals surface area contributed by atoms with Gasteiger partial charge in [0.25, 0.3) is 0 Å². The van der Waals surface area contributed by atoms with E-state index in [9.17, 15) is 4.79 Å². The van der Waals surface area contributed by atoms with E-state index < -0.39 is 0 Å². The Kier molecular flexibility index (Phi) is 3.10. The minimum Gasteiger partial charge on any atom is -0.309 e. The molecule has 0 unspecified atom stereocenters. The number of benzene rings is 1. The van der Waals surface area contributed by atoms with Crippen molar-refractivity contribution < 1.29 is 4.79 Å². The molecule has 0 fully saturated rings. The molecule has 0 saturated heterocycles. The third kappa shape index (κ3) is 2.02. The van der Waals surface area contributed by atoms with Gasteiger partial charge in [-0.1, -0.05) is 24.6 Å².